The van der Waals surface area contributed by atoms with Gasteiger partial charge in [-0.05, 0) is 42.0 Å². The molecule has 9 heteroatoms. The Labute approximate surface area is 144 Å². The number of nitro groups is 1. The smallest absolute Gasteiger partial charge is 0.356 e. The maximum atomic E-state index is 12.9. The Balaban J connectivity index is 2.40. The Hall–Kier alpha value is -1.92. The Kier molecular flexibility index (Phi) is 5.96. The van der Waals surface area contributed by atoms with Gasteiger partial charge in [0.15, 0.2) is 5.78 Å². The van der Waals surface area contributed by atoms with Crippen LogP contribution in [0.2, 0.25) is 5.02 Å². The van der Waals surface area contributed by atoms with E-state index in [0.717, 1.165) is 0 Å². The van der Waals surface area contributed by atoms with Gasteiger partial charge in [0.1, 0.15) is 0 Å². The second-order valence-corrected chi connectivity index (χ2v) is 7.57. The number of benzene rings is 2. The summed E-state index contributed by atoms with van der Waals surface area (Å²) < 4.78 is 23.1. The summed E-state index contributed by atoms with van der Waals surface area (Å²) in [5.41, 5.74) is 1.12. The molecule has 1 unspecified atom stereocenters. The molecular weight excluding hydrogens is 355 g/mol. The second kappa shape index (κ2) is 7.77. The fourth-order valence-electron chi connectivity index (χ4n) is 2.11. The van der Waals surface area contributed by atoms with Crippen molar-refractivity contribution in [1.29, 1.82) is 0 Å². The van der Waals surface area contributed by atoms with E-state index in [0.29, 0.717) is 16.3 Å². The van der Waals surface area contributed by atoms with Gasteiger partial charge in [-0.1, -0.05) is 11.6 Å². The third-order valence-electron chi connectivity index (χ3n) is 3.39. The van der Waals surface area contributed by atoms with Crippen LogP contribution in [-0.2, 0) is 13.6 Å². The highest BCUT2D eigenvalue weighted by molar-refractivity contribution is 7.54. The molecule has 0 heterocycles. The lowest BCUT2D eigenvalue weighted by Gasteiger charge is -2.26. The SMILES string of the molecule is COP(=O)(OC)C(Nc1ccc(Cl)cc1)c1ccc([N+](=O)[O-])cc1. The van der Waals surface area contributed by atoms with Gasteiger partial charge >= 0.3 is 7.60 Å². The van der Waals surface area contributed by atoms with Gasteiger partial charge in [0.25, 0.3) is 5.69 Å². The van der Waals surface area contributed by atoms with Gasteiger partial charge in [-0.25, -0.2) is 0 Å². The number of nitro benzene ring substituents is 1. The second-order valence-electron chi connectivity index (χ2n) is 4.81. The third-order valence-corrected chi connectivity index (χ3v) is 5.72. The molecule has 0 fully saturated rings. The van der Waals surface area contributed by atoms with Crippen LogP contribution >= 0.6 is 19.2 Å². The Morgan fingerprint density at radius 1 is 1.08 bits per heavy atom. The zero-order valence-electron chi connectivity index (χ0n) is 13.0. The molecule has 0 saturated heterocycles. The number of nitrogens with one attached hydrogen (secondary N) is 1. The molecular formula is C15H16ClN2O5P. The van der Waals surface area contributed by atoms with E-state index in [1.807, 2.05) is 0 Å². The summed E-state index contributed by atoms with van der Waals surface area (Å²) in [7, 11) is -0.975. The number of hydrogen-bond acceptors (Lipinski definition) is 6. The highest BCUT2D eigenvalue weighted by atomic mass is 35.5. The average Bonchev–Trinajstić information content (AvgIpc) is 2.60. The fourth-order valence-corrected chi connectivity index (χ4v) is 3.65. The van der Waals surface area contributed by atoms with E-state index >= 15 is 0 Å². The van der Waals surface area contributed by atoms with E-state index in [9.17, 15) is 14.7 Å². The molecule has 0 bridgehead atoms. The molecule has 0 spiro atoms. The summed E-state index contributed by atoms with van der Waals surface area (Å²) in [6.45, 7) is 0. The largest absolute Gasteiger partial charge is 0.368 e. The Bertz CT molecular complexity index is 743. The zero-order chi connectivity index (χ0) is 17.7. The number of anilines is 1. The number of non-ortho nitro benzene ring substituents is 1. The molecule has 2 aromatic carbocycles. The molecule has 1 N–H and O–H groups in total. The van der Waals surface area contributed by atoms with Crippen molar-refractivity contribution in [3.8, 4) is 0 Å². The number of halogens is 1. The molecule has 0 aliphatic rings. The Morgan fingerprint density at radius 2 is 1.62 bits per heavy atom. The molecule has 24 heavy (non-hydrogen) atoms. The minimum atomic E-state index is -3.54. The normalized spacial score (nSPS) is 12.6. The molecule has 7 nitrogen and oxygen atoms in total. The quantitative estimate of drug-likeness (QED) is 0.426. The Morgan fingerprint density at radius 3 is 2.08 bits per heavy atom. The van der Waals surface area contributed by atoms with E-state index in [4.69, 9.17) is 20.6 Å². The van der Waals surface area contributed by atoms with Crippen LogP contribution in [0, 0.1) is 10.1 Å². The maximum Gasteiger partial charge on any atom is 0.356 e. The molecule has 2 aromatic rings. The van der Waals surface area contributed by atoms with Crippen molar-refractivity contribution in [2.24, 2.45) is 0 Å². The van der Waals surface area contributed by atoms with Crippen LogP contribution in [0.3, 0.4) is 0 Å². The molecule has 128 valence electrons. The summed E-state index contributed by atoms with van der Waals surface area (Å²) in [5, 5.41) is 14.4. The van der Waals surface area contributed by atoms with Gasteiger partial charge in [0, 0.05) is 37.1 Å². The van der Waals surface area contributed by atoms with Crippen LogP contribution in [-0.4, -0.2) is 19.1 Å². The van der Waals surface area contributed by atoms with Crippen molar-refractivity contribution in [2.45, 2.75) is 5.78 Å². The minimum Gasteiger partial charge on any atom is -0.368 e. The van der Waals surface area contributed by atoms with Crippen molar-refractivity contribution in [3.05, 3.63) is 69.2 Å². The van der Waals surface area contributed by atoms with E-state index in [1.165, 1.54) is 38.5 Å². The number of hydrogen-bond donors (Lipinski definition) is 1. The van der Waals surface area contributed by atoms with Crippen LogP contribution in [0.15, 0.2) is 48.5 Å². The van der Waals surface area contributed by atoms with Crippen molar-refractivity contribution in [2.75, 3.05) is 19.5 Å². The van der Waals surface area contributed by atoms with Crippen LogP contribution in [0.5, 0.6) is 0 Å². The lowest BCUT2D eigenvalue weighted by atomic mass is 10.2. The standard InChI is InChI=1S/C15H16ClN2O5P/c1-22-24(21,23-2)15(17-13-7-5-12(16)6-8-13)11-3-9-14(10-4-11)18(19)20/h3-10,15,17H,1-2H3. The lowest BCUT2D eigenvalue weighted by molar-refractivity contribution is -0.384. The van der Waals surface area contributed by atoms with Crippen LogP contribution in [0.1, 0.15) is 11.3 Å². The first kappa shape index (κ1) is 18.4. The molecule has 0 aromatic heterocycles. The summed E-state index contributed by atoms with van der Waals surface area (Å²) in [4.78, 5) is 10.3. The van der Waals surface area contributed by atoms with Crippen molar-refractivity contribution in [1.82, 2.24) is 0 Å². The maximum absolute atomic E-state index is 12.9. The highest BCUT2D eigenvalue weighted by Gasteiger charge is 2.35. The first-order valence-electron chi connectivity index (χ1n) is 6.87. The van der Waals surface area contributed by atoms with E-state index in [-0.39, 0.29) is 5.69 Å². The van der Waals surface area contributed by atoms with Crippen molar-refractivity contribution >= 4 is 30.6 Å². The zero-order valence-corrected chi connectivity index (χ0v) is 14.7. The monoisotopic (exact) mass is 370 g/mol. The summed E-state index contributed by atoms with van der Waals surface area (Å²) in [5.74, 6) is -0.838. The van der Waals surface area contributed by atoms with Gasteiger partial charge in [0.2, 0.25) is 0 Å². The molecule has 0 aliphatic heterocycles. The topological polar surface area (TPSA) is 90.7 Å². The first-order chi connectivity index (χ1) is 11.4. The molecule has 0 radical (unpaired) electrons. The van der Waals surface area contributed by atoms with Gasteiger partial charge in [-0.3, -0.25) is 14.7 Å². The van der Waals surface area contributed by atoms with E-state index in [1.54, 1.807) is 24.3 Å². The minimum absolute atomic E-state index is 0.0614. The summed E-state index contributed by atoms with van der Waals surface area (Å²) in [6.07, 6.45) is 0. The van der Waals surface area contributed by atoms with Crippen molar-refractivity contribution in [3.63, 3.8) is 0 Å². The summed E-state index contributed by atoms with van der Waals surface area (Å²) >= 11 is 5.86. The molecule has 0 amide bonds. The fraction of sp³-hybridized carbons (Fsp3) is 0.200. The van der Waals surface area contributed by atoms with E-state index in [2.05, 4.69) is 5.32 Å². The molecule has 2 rings (SSSR count). The van der Waals surface area contributed by atoms with Crippen LogP contribution in [0.25, 0.3) is 0 Å². The van der Waals surface area contributed by atoms with Gasteiger partial charge < -0.3 is 14.4 Å². The third kappa shape index (κ3) is 4.13. The summed E-state index contributed by atoms with van der Waals surface area (Å²) in [6, 6.07) is 12.5. The average molecular weight is 371 g/mol. The lowest BCUT2D eigenvalue weighted by Crippen LogP contribution is -2.13. The molecule has 0 saturated carbocycles. The molecule has 1 atom stereocenters. The van der Waals surface area contributed by atoms with Gasteiger partial charge in [-0.2, -0.15) is 0 Å². The van der Waals surface area contributed by atoms with Crippen LogP contribution in [0.4, 0.5) is 11.4 Å². The number of nitrogens with zero attached hydrogens (tertiary/aromatic N) is 1. The first-order valence-corrected chi connectivity index (χ1v) is 8.86. The van der Waals surface area contributed by atoms with Crippen LogP contribution < -0.4 is 5.32 Å². The predicted molar refractivity (Wildman–Crippen MR) is 92.5 cm³/mol. The van der Waals surface area contributed by atoms with Crippen molar-refractivity contribution < 1.29 is 18.5 Å². The number of rotatable bonds is 7. The predicted octanol–water partition coefficient (Wildman–Crippen LogP) is 4.84. The molecule has 0 aliphatic carbocycles. The highest BCUT2D eigenvalue weighted by Crippen LogP contribution is 2.59. The van der Waals surface area contributed by atoms with Gasteiger partial charge in [0.05, 0.1) is 4.92 Å². The van der Waals surface area contributed by atoms with Gasteiger partial charge in [-0.15, -0.1) is 0 Å². The van der Waals surface area contributed by atoms with E-state index < -0.39 is 18.3 Å².